The van der Waals surface area contributed by atoms with E-state index in [1.807, 2.05) is 19.2 Å². The summed E-state index contributed by atoms with van der Waals surface area (Å²) in [6.07, 6.45) is 0. The van der Waals surface area contributed by atoms with Gasteiger partial charge in [-0.3, -0.25) is 0 Å². The highest BCUT2D eigenvalue weighted by atomic mass is 35.5. The van der Waals surface area contributed by atoms with Crippen molar-refractivity contribution in [2.24, 2.45) is 7.05 Å². The lowest BCUT2D eigenvalue weighted by molar-refractivity contribution is 0.610. The normalized spacial score (nSPS) is 13.3. The van der Waals surface area contributed by atoms with Gasteiger partial charge in [0.2, 0.25) is 0 Å². The van der Waals surface area contributed by atoms with Crippen LogP contribution >= 0.6 is 11.6 Å². The number of aromatic nitrogens is 1. The molecule has 0 radical (unpaired) electrons. The fraction of sp³-hybridized carbons (Fsp3) is 0.333. The Kier molecular flexibility index (Phi) is 2.72. The van der Waals surface area contributed by atoms with Gasteiger partial charge >= 0.3 is 0 Å². The van der Waals surface area contributed by atoms with Crippen molar-refractivity contribution in [3.8, 4) is 0 Å². The lowest BCUT2D eigenvalue weighted by Crippen LogP contribution is -2.15. The zero-order chi connectivity index (χ0) is 11.0. The van der Waals surface area contributed by atoms with E-state index in [0.717, 1.165) is 5.02 Å². The lowest BCUT2D eigenvalue weighted by atomic mass is 10.2. The zero-order valence-corrected chi connectivity index (χ0v) is 9.97. The molecule has 1 heterocycles. The summed E-state index contributed by atoms with van der Waals surface area (Å²) in [5, 5.41) is 5.26. The number of nitrogens with zero attached hydrogens (tertiary/aromatic N) is 1. The molecule has 2 rings (SSSR count). The Morgan fingerprint density at radius 2 is 2.07 bits per heavy atom. The van der Waals surface area contributed by atoms with E-state index >= 15 is 0 Å². The molecule has 0 amide bonds. The number of benzene rings is 1. The van der Waals surface area contributed by atoms with E-state index in [1.54, 1.807) is 0 Å². The highest BCUT2D eigenvalue weighted by Crippen LogP contribution is 2.25. The van der Waals surface area contributed by atoms with Crippen molar-refractivity contribution in [1.82, 2.24) is 9.88 Å². The Morgan fingerprint density at radius 1 is 1.33 bits per heavy atom. The molecule has 1 atom stereocenters. The molecule has 2 aromatic rings. The summed E-state index contributed by atoms with van der Waals surface area (Å²) < 4.78 is 2.18. The molecule has 0 fully saturated rings. The molecule has 0 saturated heterocycles. The zero-order valence-electron chi connectivity index (χ0n) is 9.21. The summed E-state index contributed by atoms with van der Waals surface area (Å²) in [5.74, 6) is 0. The summed E-state index contributed by atoms with van der Waals surface area (Å²) in [6, 6.07) is 8.54. The molecule has 0 saturated carbocycles. The van der Waals surface area contributed by atoms with Crippen LogP contribution in [0.2, 0.25) is 5.02 Å². The number of halogens is 1. The molecule has 0 aliphatic heterocycles. The number of hydrogen-bond donors (Lipinski definition) is 1. The first-order chi connectivity index (χ1) is 7.13. The van der Waals surface area contributed by atoms with Crippen molar-refractivity contribution in [3.05, 3.63) is 35.0 Å². The molecular formula is C12H15ClN2. The Morgan fingerprint density at radius 3 is 2.73 bits per heavy atom. The van der Waals surface area contributed by atoms with Crippen LogP contribution in [0, 0.1) is 0 Å². The van der Waals surface area contributed by atoms with Crippen LogP contribution in [0.1, 0.15) is 18.7 Å². The van der Waals surface area contributed by atoms with E-state index in [9.17, 15) is 0 Å². The molecule has 1 N–H and O–H groups in total. The number of fused-ring (bicyclic) bond motifs is 1. The van der Waals surface area contributed by atoms with Crippen molar-refractivity contribution in [2.75, 3.05) is 7.05 Å². The van der Waals surface area contributed by atoms with Crippen LogP contribution in [0.4, 0.5) is 0 Å². The number of hydrogen-bond acceptors (Lipinski definition) is 1. The third kappa shape index (κ3) is 1.75. The minimum atomic E-state index is 0.348. The lowest BCUT2D eigenvalue weighted by Gasteiger charge is -2.11. The predicted octanol–water partition coefficient (Wildman–Crippen LogP) is 3.11. The smallest absolute Gasteiger partial charge is 0.0495 e. The standard InChI is InChI=1S/C12H15ClN2/c1-8(14-2)11-6-9-4-5-10(13)7-12(9)15(11)3/h4-8,14H,1-3H3. The van der Waals surface area contributed by atoms with Crippen molar-refractivity contribution >= 4 is 22.5 Å². The van der Waals surface area contributed by atoms with E-state index in [4.69, 9.17) is 11.6 Å². The first-order valence-corrected chi connectivity index (χ1v) is 5.43. The van der Waals surface area contributed by atoms with Crippen LogP contribution in [0.25, 0.3) is 10.9 Å². The number of aryl methyl sites for hydroxylation is 1. The number of nitrogens with one attached hydrogen (secondary N) is 1. The minimum Gasteiger partial charge on any atom is -0.346 e. The van der Waals surface area contributed by atoms with Crippen LogP contribution in [-0.4, -0.2) is 11.6 Å². The van der Waals surface area contributed by atoms with Gasteiger partial charge in [0.15, 0.2) is 0 Å². The number of rotatable bonds is 2. The Balaban J connectivity index is 2.64. The van der Waals surface area contributed by atoms with Gasteiger partial charge in [0, 0.05) is 34.7 Å². The van der Waals surface area contributed by atoms with Crippen LogP contribution in [0.3, 0.4) is 0 Å². The first-order valence-electron chi connectivity index (χ1n) is 5.05. The predicted molar refractivity (Wildman–Crippen MR) is 65.4 cm³/mol. The molecule has 0 aliphatic rings. The van der Waals surface area contributed by atoms with Gasteiger partial charge in [-0.15, -0.1) is 0 Å². The molecule has 2 nitrogen and oxygen atoms in total. The van der Waals surface area contributed by atoms with Gasteiger partial charge in [0.25, 0.3) is 0 Å². The van der Waals surface area contributed by atoms with E-state index in [-0.39, 0.29) is 0 Å². The maximum absolute atomic E-state index is 5.98. The van der Waals surface area contributed by atoms with Gasteiger partial charge in [0.05, 0.1) is 0 Å². The Hall–Kier alpha value is -0.990. The highest BCUT2D eigenvalue weighted by Gasteiger charge is 2.10. The summed E-state index contributed by atoms with van der Waals surface area (Å²) in [6.45, 7) is 2.15. The molecule has 1 unspecified atom stereocenters. The molecule has 0 spiro atoms. The molecule has 1 aromatic heterocycles. The second kappa shape index (κ2) is 3.87. The molecule has 80 valence electrons. The average Bonchev–Trinajstić information content (AvgIpc) is 2.55. The van der Waals surface area contributed by atoms with E-state index in [0.29, 0.717) is 6.04 Å². The van der Waals surface area contributed by atoms with E-state index < -0.39 is 0 Å². The summed E-state index contributed by atoms with van der Waals surface area (Å²) >= 11 is 5.98. The molecule has 1 aromatic carbocycles. The van der Waals surface area contributed by atoms with Crippen molar-refractivity contribution < 1.29 is 0 Å². The van der Waals surface area contributed by atoms with Crippen LogP contribution in [-0.2, 0) is 7.05 Å². The quantitative estimate of drug-likeness (QED) is 0.826. The molecule has 0 bridgehead atoms. The van der Waals surface area contributed by atoms with Gasteiger partial charge < -0.3 is 9.88 Å². The van der Waals surface area contributed by atoms with Gasteiger partial charge in [-0.2, -0.15) is 0 Å². The first kappa shape index (κ1) is 10.5. The average molecular weight is 223 g/mol. The third-order valence-electron chi connectivity index (χ3n) is 2.92. The monoisotopic (exact) mass is 222 g/mol. The Labute approximate surface area is 94.8 Å². The summed E-state index contributed by atoms with van der Waals surface area (Å²) in [7, 11) is 4.04. The largest absolute Gasteiger partial charge is 0.346 e. The maximum Gasteiger partial charge on any atom is 0.0495 e. The van der Waals surface area contributed by atoms with Gasteiger partial charge in [-0.25, -0.2) is 0 Å². The maximum atomic E-state index is 5.98. The summed E-state index contributed by atoms with van der Waals surface area (Å²) in [4.78, 5) is 0. The van der Waals surface area contributed by atoms with Crippen molar-refractivity contribution in [2.45, 2.75) is 13.0 Å². The highest BCUT2D eigenvalue weighted by molar-refractivity contribution is 6.31. The molecular weight excluding hydrogens is 208 g/mol. The van der Waals surface area contributed by atoms with E-state index in [1.165, 1.54) is 16.6 Å². The van der Waals surface area contributed by atoms with Gasteiger partial charge in [0.1, 0.15) is 0 Å². The summed E-state index contributed by atoms with van der Waals surface area (Å²) in [5.41, 5.74) is 2.45. The SMILES string of the molecule is CNC(C)c1cc2ccc(Cl)cc2n1C. The van der Waals surface area contributed by atoms with Crippen molar-refractivity contribution in [1.29, 1.82) is 0 Å². The fourth-order valence-corrected chi connectivity index (χ4v) is 2.05. The second-order valence-corrected chi connectivity index (χ2v) is 4.28. The Bertz CT molecular complexity index is 488. The topological polar surface area (TPSA) is 17.0 Å². The van der Waals surface area contributed by atoms with Gasteiger partial charge in [-0.1, -0.05) is 17.7 Å². The minimum absolute atomic E-state index is 0.348. The van der Waals surface area contributed by atoms with Crippen LogP contribution in [0.15, 0.2) is 24.3 Å². The fourth-order valence-electron chi connectivity index (χ4n) is 1.89. The molecule has 15 heavy (non-hydrogen) atoms. The van der Waals surface area contributed by atoms with Gasteiger partial charge in [-0.05, 0) is 32.2 Å². The van der Waals surface area contributed by atoms with Crippen LogP contribution < -0.4 is 5.32 Å². The van der Waals surface area contributed by atoms with Crippen molar-refractivity contribution in [3.63, 3.8) is 0 Å². The second-order valence-electron chi connectivity index (χ2n) is 3.84. The van der Waals surface area contributed by atoms with Crippen LogP contribution in [0.5, 0.6) is 0 Å². The molecule has 0 aliphatic carbocycles. The third-order valence-corrected chi connectivity index (χ3v) is 3.16. The van der Waals surface area contributed by atoms with E-state index in [2.05, 4.69) is 36.0 Å². The molecule has 3 heteroatoms.